The second-order valence-corrected chi connectivity index (χ2v) is 9.93. The molecule has 2 heterocycles. The second-order valence-electron chi connectivity index (χ2n) is 9.93. The molecule has 0 unspecified atom stereocenters. The van der Waals surface area contributed by atoms with Gasteiger partial charge in [-0.2, -0.15) is 10.1 Å². The van der Waals surface area contributed by atoms with Gasteiger partial charge >= 0.3 is 0 Å². The highest BCUT2D eigenvalue weighted by Crippen LogP contribution is 2.38. The Morgan fingerprint density at radius 2 is 2.00 bits per heavy atom. The molecule has 33 heavy (non-hydrogen) atoms. The van der Waals surface area contributed by atoms with Gasteiger partial charge in [-0.05, 0) is 73.8 Å². The fraction of sp³-hybridized carbons (Fsp3) is 0.462. The molecule has 4 rings (SSSR count). The van der Waals surface area contributed by atoms with Crippen molar-refractivity contribution in [1.82, 2.24) is 24.8 Å². The van der Waals surface area contributed by atoms with E-state index >= 15 is 0 Å². The number of nitrogens with zero attached hydrogens (tertiary/aromatic N) is 6. The van der Waals surface area contributed by atoms with Gasteiger partial charge in [0.05, 0.1) is 6.34 Å². The van der Waals surface area contributed by atoms with Gasteiger partial charge in [-0.15, -0.1) is 0 Å². The fourth-order valence-electron chi connectivity index (χ4n) is 4.72. The molecule has 7 nitrogen and oxygen atoms in total. The van der Waals surface area contributed by atoms with Crippen molar-refractivity contribution < 1.29 is 4.52 Å². The predicted molar refractivity (Wildman–Crippen MR) is 132 cm³/mol. The van der Waals surface area contributed by atoms with E-state index in [4.69, 9.17) is 14.6 Å². The maximum absolute atomic E-state index is 5.70. The molecule has 0 atom stereocenters. The summed E-state index contributed by atoms with van der Waals surface area (Å²) in [6.45, 7) is 13.4. The molecule has 0 radical (unpaired) electrons. The highest BCUT2D eigenvalue weighted by atomic mass is 16.5. The lowest BCUT2D eigenvalue weighted by Gasteiger charge is -2.29. The van der Waals surface area contributed by atoms with Gasteiger partial charge in [-0.1, -0.05) is 25.6 Å². The molecule has 0 fully saturated rings. The summed E-state index contributed by atoms with van der Waals surface area (Å²) < 4.78 is 7.68. The van der Waals surface area contributed by atoms with Gasteiger partial charge in [0.15, 0.2) is 5.69 Å². The van der Waals surface area contributed by atoms with Crippen molar-refractivity contribution in [1.29, 1.82) is 0 Å². The molecule has 0 aliphatic heterocycles. The molecular weight excluding hydrogens is 412 g/mol. The summed E-state index contributed by atoms with van der Waals surface area (Å²) >= 11 is 0. The molecule has 0 N–H and O–H groups in total. The third-order valence-electron chi connectivity index (χ3n) is 6.64. The van der Waals surface area contributed by atoms with Gasteiger partial charge in [-0.25, -0.2) is 4.99 Å². The Balaban J connectivity index is 1.57. The largest absolute Gasteiger partial charge is 0.365 e. The quantitative estimate of drug-likeness (QED) is 0.381. The second kappa shape index (κ2) is 8.96. The van der Waals surface area contributed by atoms with Crippen LogP contribution in [0.3, 0.4) is 0 Å². The molecule has 1 aromatic carbocycles. The van der Waals surface area contributed by atoms with Crippen molar-refractivity contribution in [2.75, 3.05) is 13.6 Å². The maximum Gasteiger partial charge on any atom is 0.279 e. The van der Waals surface area contributed by atoms with Crippen molar-refractivity contribution in [3.05, 3.63) is 52.9 Å². The number of hydrogen-bond donors (Lipinski definition) is 0. The standard InChI is InChI=1S/C26H34N6O/c1-8-27-16-31(6)12-10-20-17(2)13-19(14-18(20)3)24-28-25(33-30-24)23-21-9-11-26(4,5)15-22(21)32(7)29-23/h8,13-14,16H,1,9-12,15H2,2-7H3. The Morgan fingerprint density at radius 1 is 1.27 bits per heavy atom. The van der Waals surface area contributed by atoms with Gasteiger partial charge in [0.1, 0.15) is 0 Å². The smallest absolute Gasteiger partial charge is 0.279 e. The lowest BCUT2D eigenvalue weighted by Crippen LogP contribution is -2.23. The number of aromatic nitrogens is 4. The number of fused-ring (bicyclic) bond motifs is 1. The summed E-state index contributed by atoms with van der Waals surface area (Å²) in [6.07, 6.45) is 7.41. The monoisotopic (exact) mass is 446 g/mol. The van der Waals surface area contributed by atoms with Crippen LogP contribution in [0.1, 0.15) is 48.2 Å². The summed E-state index contributed by atoms with van der Waals surface area (Å²) in [4.78, 5) is 10.9. The third-order valence-corrected chi connectivity index (χ3v) is 6.64. The number of aryl methyl sites for hydroxylation is 3. The van der Waals surface area contributed by atoms with E-state index in [-0.39, 0.29) is 0 Å². The molecule has 0 saturated carbocycles. The van der Waals surface area contributed by atoms with Crippen LogP contribution < -0.4 is 0 Å². The molecule has 0 amide bonds. The SMILES string of the molecule is C=CN=CN(C)CCc1c(C)cc(-c2noc(-c3nn(C)c4c3CCC(C)(C)C4)n2)cc1C. The molecule has 1 aliphatic carbocycles. The number of aliphatic imine (C=N–C) groups is 1. The molecule has 0 bridgehead atoms. The zero-order valence-electron chi connectivity index (χ0n) is 20.6. The first-order chi connectivity index (χ1) is 15.7. The highest BCUT2D eigenvalue weighted by Gasteiger charge is 2.32. The van der Waals surface area contributed by atoms with Crippen molar-refractivity contribution in [2.24, 2.45) is 17.5 Å². The van der Waals surface area contributed by atoms with Crippen molar-refractivity contribution in [3.63, 3.8) is 0 Å². The molecule has 7 heteroatoms. The Bertz CT molecular complexity index is 1180. The summed E-state index contributed by atoms with van der Waals surface area (Å²) in [5, 5.41) is 9.04. The molecule has 0 spiro atoms. The zero-order chi connectivity index (χ0) is 23.8. The number of benzene rings is 1. The molecule has 2 aromatic heterocycles. The fourth-order valence-corrected chi connectivity index (χ4v) is 4.72. The average molecular weight is 447 g/mol. The van der Waals surface area contributed by atoms with E-state index in [0.29, 0.717) is 17.1 Å². The van der Waals surface area contributed by atoms with Crippen molar-refractivity contribution in [2.45, 2.75) is 53.4 Å². The Morgan fingerprint density at radius 3 is 2.70 bits per heavy atom. The van der Waals surface area contributed by atoms with Crippen LogP contribution in [0.5, 0.6) is 0 Å². The first kappa shape index (κ1) is 23.0. The summed E-state index contributed by atoms with van der Waals surface area (Å²) in [5.74, 6) is 1.11. The Kier molecular flexibility index (Phi) is 6.23. The van der Waals surface area contributed by atoms with Gasteiger partial charge in [0.2, 0.25) is 5.82 Å². The first-order valence-corrected chi connectivity index (χ1v) is 11.5. The molecule has 0 saturated heterocycles. The van der Waals surface area contributed by atoms with E-state index in [2.05, 4.69) is 61.5 Å². The molecule has 1 aliphatic rings. The summed E-state index contributed by atoms with van der Waals surface area (Å²) in [5.41, 5.74) is 8.40. The van der Waals surface area contributed by atoms with Crippen LogP contribution in [0.2, 0.25) is 0 Å². The third kappa shape index (κ3) is 4.77. The minimum Gasteiger partial charge on any atom is -0.365 e. The van der Waals surface area contributed by atoms with Gasteiger partial charge in [-0.3, -0.25) is 4.68 Å². The van der Waals surface area contributed by atoms with E-state index in [9.17, 15) is 0 Å². The normalized spacial score (nSPS) is 15.1. The van der Waals surface area contributed by atoms with Crippen molar-refractivity contribution in [3.8, 4) is 23.0 Å². The van der Waals surface area contributed by atoms with Crippen LogP contribution in [-0.4, -0.2) is 44.8 Å². The van der Waals surface area contributed by atoms with Crippen molar-refractivity contribution >= 4 is 6.34 Å². The molecular formula is C26H34N6O. The summed E-state index contributed by atoms with van der Waals surface area (Å²) in [6, 6.07) is 4.29. The number of hydrogen-bond acceptors (Lipinski definition) is 5. The van der Waals surface area contributed by atoms with Crippen LogP contribution in [0, 0.1) is 19.3 Å². The molecule has 3 aromatic rings. The van der Waals surface area contributed by atoms with Crippen LogP contribution in [-0.2, 0) is 26.3 Å². The van der Waals surface area contributed by atoms with E-state index in [1.54, 1.807) is 12.5 Å². The minimum atomic E-state index is 0.294. The lowest BCUT2D eigenvalue weighted by atomic mass is 9.76. The van der Waals surface area contributed by atoms with Crippen LogP contribution in [0.15, 0.2) is 34.4 Å². The zero-order valence-corrected chi connectivity index (χ0v) is 20.6. The van der Waals surface area contributed by atoms with E-state index in [1.165, 1.54) is 27.9 Å². The number of likely N-dealkylation sites (N-methyl/N-ethyl adjacent to an activating group) is 1. The Labute approximate surface area is 196 Å². The predicted octanol–water partition coefficient (Wildman–Crippen LogP) is 4.91. The van der Waals surface area contributed by atoms with Crippen LogP contribution in [0.25, 0.3) is 23.0 Å². The molecule has 174 valence electrons. The Hall–Kier alpha value is -3.22. The minimum absolute atomic E-state index is 0.294. The maximum atomic E-state index is 5.70. The topological polar surface area (TPSA) is 72.3 Å². The van der Waals surface area contributed by atoms with E-state index < -0.39 is 0 Å². The average Bonchev–Trinajstić information content (AvgIpc) is 3.36. The number of rotatable bonds is 7. The van der Waals surface area contributed by atoms with E-state index in [1.807, 2.05) is 18.8 Å². The van der Waals surface area contributed by atoms with Gasteiger partial charge in [0, 0.05) is 43.7 Å². The van der Waals surface area contributed by atoms with Crippen LogP contribution >= 0.6 is 0 Å². The van der Waals surface area contributed by atoms with E-state index in [0.717, 1.165) is 43.5 Å². The first-order valence-electron chi connectivity index (χ1n) is 11.5. The van der Waals surface area contributed by atoms with Gasteiger partial charge < -0.3 is 9.42 Å². The lowest BCUT2D eigenvalue weighted by molar-refractivity contribution is 0.306. The van der Waals surface area contributed by atoms with Crippen LogP contribution in [0.4, 0.5) is 0 Å². The summed E-state index contributed by atoms with van der Waals surface area (Å²) in [7, 11) is 4.03. The highest BCUT2D eigenvalue weighted by molar-refractivity contribution is 5.63. The van der Waals surface area contributed by atoms with Gasteiger partial charge in [0.25, 0.3) is 5.89 Å².